The van der Waals surface area contributed by atoms with E-state index in [2.05, 4.69) is 39.9 Å². The molecule has 0 bridgehead atoms. The minimum atomic E-state index is -0.209. The number of hydrogen-bond donors (Lipinski definition) is 2. The van der Waals surface area contributed by atoms with Gasteiger partial charge >= 0.3 is 6.09 Å². The predicted molar refractivity (Wildman–Crippen MR) is 132 cm³/mol. The highest BCUT2D eigenvalue weighted by molar-refractivity contribution is 14.0. The highest BCUT2D eigenvalue weighted by atomic mass is 127. The number of unbranched alkanes of at least 4 members (excludes halogenated alkanes) is 1. The summed E-state index contributed by atoms with van der Waals surface area (Å²) in [4.78, 5) is 17.8. The summed E-state index contributed by atoms with van der Waals surface area (Å²) >= 11 is 0. The molecule has 1 aromatic rings. The second-order valence-corrected chi connectivity index (χ2v) is 7.16. The van der Waals surface area contributed by atoms with Crippen molar-refractivity contribution in [1.29, 1.82) is 0 Å². The van der Waals surface area contributed by atoms with Gasteiger partial charge in [0.1, 0.15) is 0 Å². The summed E-state index contributed by atoms with van der Waals surface area (Å²) in [6.45, 7) is 6.10. The molecule has 0 unspecified atom stereocenters. The second kappa shape index (κ2) is 16.2. The molecule has 1 saturated heterocycles. The van der Waals surface area contributed by atoms with Crippen LogP contribution >= 0.6 is 24.0 Å². The van der Waals surface area contributed by atoms with Crippen molar-refractivity contribution in [3.05, 3.63) is 35.9 Å². The Morgan fingerprint density at radius 3 is 2.57 bits per heavy atom. The van der Waals surface area contributed by atoms with Crippen molar-refractivity contribution in [2.24, 2.45) is 4.99 Å². The highest BCUT2D eigenvalue weighted by Crippen LogP contribution is 2.11. The van der Waals surface area contributed by atoms with Crippen LogP contribution in [-0.2, 0) is 15.9 Å². The van der Waals surface area contributed by atoms with Crippen LogP contribution in [0.15, 0.2) is 35.3 Å². The van der Waals surface area contributed by atoms with Crippen molar-refractivity contribution in [3.8, 4) is 0 Å². The monoisotopic (exact) mass is 532 g/mol. The van der Waals surface area contributed by atoms with Crippen molar-refractivity contribution in [2.75, 3.05) is 46.5 Å². The zero-order chi connectivity index (χ0) is 20.7. The van der Waals surface area contributed by atoms with Crippen molar-refractivity contribution in [2.45, 2.75) is 45.1 Å². The molecule has 1 heterocycles. The average Bonchev–Trinajstić information content (AvgIpc) is 2.76. The molecule has 8 heteroatoms. The number of hydrogen-bond acceptors (Lipinski definition) is 4. The van der Waals surface area contributed by atoms with Gasteiger partial charge in [0.2, 0.25) is 0 Å². The lowest BCUT2D eigenvalue weighted by Gasteiger charge is -2.32. The topological polar surface area (TPSA) is 75.2 Å². The van der Waals surface area contributed by atoms with Gasteiger partial charge in [-0.3, -0.25) is 4.99 Å². The number of nitrogens with one attached hydrogen (secondary N) is 2. The first-order valence-corrected chi connectivity index (χ1v) is 10.7. The number of likely N-dealkylation sites (tertiary alicyclic amines) is 1. The van der Waals surface area contributed by atoms with Crippen LogP contribution in [0.3, 0.4) is 0 Å². The molecule has 0 aromatic heterocycles. The molecule has 170 valence electrons. The van der Waals surface area contributed by atoms with E-state index in [0.29, 0.717) is 25.7 Å². The number of carbonyl (C=O) groups excluding carboxylic acids is 1. The van der Waals surface area contributed by atoms with Crippen LogP contribution < -0.4 is 10.6 Å². The second-order valence-electron chi connectivity index (χ2n) is 7.16. The van der Waals surface area contributed by atoms with Gasteiger partial charge in [-0.25, -0.2) is 4.79 Å². The van der Waals surface area contributed by atoms with Crippen molar-refractivity contribution in [3.63, 3.8) is 0 Å². The van der Waals surface area contributed by atoms with Crippen LogP contribution in [0.1, 0.15) is 38.2 Å². The van der Waals surface area contributed by atoms with E-state index in [1.54, 1.807) is 11.9 Å². The smallest absolute Gasteiger partial charge is 0.409 e. The van der Waals surface area contributed by atoms with Gasteiger partial charge in [-0.1, -0.05) is 30.3 Å². The number of benzene rings is 1. The van der Waals surface area contributed by atoms with E-state index in [-0.39, 0.29) is 30.1 Å². The largest absolute Gasteiger partial charge is 0.450 e. The standard InChI is InChI=1S/C22H36N4O3.HI/c1-3-29-22(27)26-15-11-20(12-16-26)25-21(23-2)24-14-7-8-17-28-18-13-19-9-5-4-6-10-19;/h4-6,9-10,20H,3,7-8,11-18H2,1-2H3,(H2,23,24,25);1H. The third kappa shape index (κ3) is 10.5. The van der Waals surface area contributed by atoms with Crippen molar-refractivity contribution >= 4 is 36.0 Å². The van der Waals surface area contributed by atoms with Crippen LogP contribution in [0.25, 0.3) is 0 Å². The number of amides is 1. The van der Waals surface area contributed by atoms with Gasteiger partial charge < -0.3 is 25.0 Å². The lowest BCUT2D eigenvalue weighted by Crippen LogP contribution is -2.50. The van der Waals surface area contributed by atoms with Gasteiger partial charge in [0.15, 0.2) is 5.96 Å². The zero-order valence-electron chi connectivity index (χ0n) is 18.3. The van der Waals surface area contributed by atoms with E-state index in [9.17, 15) is 4.79 Å². The summed E-state index contributed by atoms with van der Waals surface area (Å²) in [6.07, 6.45) is 4.61. The van der Waals surface area contributed by atoms with Crippen LogP contribution in [0, 0.1) is 0 Å². The van der Waals surface area contributed by atoms with Crippen LogP contribution in [0.2, 0.25) is 0 Å². The third-order valence-corrected chi connectivity index (χ3v) is 4.97. The Hall–Kier alpha value is -1.55. The van der Waals surface area contributed by atoms with E-state index >= 15 is 0 Å². The normalized spacial score (nSPS) is 14.7. The molecule has 30 heavy (non-hydrogen) atoms. The Kier molecular flexibility index (Phi) is 14.3. The minimum absolute atomic E-state index is 0. The van der Waals surface area contributed by atoms with E-state index in [4.69, 9.17) is 9.47 Å². The van der Waals surface area contributed by atoms with Crippen LogP contribution in [0.4, 0.5) is 4.79 Å². The van der Waals surface area contributed by atoms with E-state index in [1.807, 2.05) is 13.0 Å². The van der Waals surface area contributed by atoms with E-state index < -0.39 is 0 Å². The van der Waals surface area contributed by atoms with Gasteiger partial charge in [0.25, 0.3) is 0 Å². The predicted octanol–water partition coefficient (Wildman–Crippen LogP) is 3.43. The first-order chi connectivity index (χ1) is 14.2. The Labute approximate surface area is 198 Å². The summed E-state index contributed by atoms with van der Waals surface area (Å²) in [7, 11) is 1.79. The summed E-state index contributed by atoms with van der Waals surface area (Å²) in [5.41, 5.74) is 1.32. The number of ether oxygens (including phenoxy) is 2. The number of guanidine groups is 1. The Balaban J connectivity index is 0.00000450. The molecule has 2 rings (SSSR count). The summed E-state index contributed by atoms with van der Waals surface area (Å²) in [5.74, 6) is 0.824. The first-order valence-electron chi connectivity index (χ1n) is 10.7. The molecule has 0 aliphatic carbocycles. The lowest BCUT2D eigenvalue weighted by atomic mass is 10.1. The van der Waals surface area contributed by atoms with E-state index in [0.717, 1.165) is 57.8 Å². The molecule has 0 saturated carbocycles. The molecule has 7 nitrogen and oxygen atoms in total. The molecule has 1 aliphatic rings. The van der Waals surface area contributed by atoms with Gasteiger partial charge in [0.05, 0.1) is 13.2 Å². The van der Waals surface area contributed by atoms with Crippen LogP contribution in [0.5, 0.6) is 0 Å². The van der Waals surface area contributed by atoms with Crippen molar-refractivity contribution < 1.29 is 14.3 Å². The maximum absolute atomic E-state index is 11.8. The molecular formula is C22H37IN4O3. The lowest BCUT2D eigenvalue weighted by molar-refractivity contribution is 0.0963. The third-order valence-electron chi connectivity index (χ3n) is 4.97. The fraction of sp³-hybridized carbons (Fsp3) is 0.636. The number of carbonyl (C=O) groups is 1. The number of nitrogens with zero attached hydrogens (tertiary/aromatic N) is 2. The number of aliphatic imine (C=N–C) groups is 1. The fourth-order valence-electron chi connectivity index (χ4n) is 3.28. The maximum atomic E-state index is 11.8. The van der Waals surface area contributed by atoms with Gasteiger partial charge in [-0.05, 0) is 44.6 Å². The number of halogens is 1. The summed E-state index contributed by atoms with van der Waals surface area (Å²) < 4.78 is 10.8. The summed E-state index contributed by atoms with van der Waals surface area (Å²) in [6, 6.07) is 10.7. The Morgan fingerprint density at radius 1 is 1.17 bits per heavy atom. The molecule has 0 radical (unpaired) electrons. The van der Waals surface area contributed by atoms with Crippen LogP contribution in [-0.4, -0.2) is 69.5 Å². The molecule has 1 aliphatic heterocycles. The van der Waals surface area contributed by atoms with Crippen molar-refractivity contribution in [1.82, 2.24) is 15.5 Å². The molecule has 1 amide bonds. The van der Waals surface area contributed by atoms with E-state index in [1.165, 1.54) is 5.56 Å². The molecule has 2 N–H and O–H groups in total. The summed E-state index contributed by atoms with van der Waals surface area (Å²) in [5, 5.41) is 6.82. The number of rotatable bonds is 10. The molecule has 0 spiro atoms. The molecule has 0 atom stereocenters. The molecular weight excluding hydrogens is 495 g/mol. The fourth-order valence-corrected chi connectivity index (χ4v) is 3.28. The average molecular weight is 532 g/mol. The Morgan fingerprint density at radius 2 is 1.90 bits per heavy atom. The molecule has 1 aromatic carbocycles. The Bertz CT molecular complexity index is 608. The van der Waals surface area contributed by atoms with Gasteiger partial charge in [-0.15, -0.1) is 24.0 Å². The van der Waals surface area contributed by atoms with Gasteiger partial charge in [0, 0.05) is 39.3 Å². The molecule has 1 fully saturated rings. The first kappa shape index (κ1) is 26.5. The minimum Gasteiger partial charge on any atom is -0.450 e. The number of piperidine rings is 1. The van der Waals surface area contributed by atoms with Gasteiger partial charge in [-0.2, -0.15) is 0 Å². The zero-order valence-corrected chi connectivity index (χ0v) is 20.6. The maximum Gasteiger partial charge on any atom is 0.409 e. The highest BCUT2D eigenvalue weighted by Gasteiger charge is 2.23. The SMILES string of the molecule is CCOC(=O)N1CCC(NC(=NC)NCCCCOCCc2ccccc2)CC1.I. The quantitative estimate of drug-likeness (QED) is 0.209.